The van der Waals surface area contributed by atoms with Crippen LogP contribution in [0.2, 0.25) is 0 Å². The van der Waals surface area contributed by atoms with E-state index in [2.05, 4.69) is 6.42 Å². The molecule has 0 heterocycles. The van der Waals surface area contributed by atoms with Crippen molar-refractivity contribution in [2.45, 2.75) is 0 Å². The minimum absolute atomic E-state index is 0.424. The summed E-state index contributed by atoms with van der Waals surface area (Å²) in [5.74, 6) is 1.12. The second-order valence-electron chi connectivity index (χ2n) is 0.965. The predicted molar refractivity (Wildman–Crippen MR) is 24.5 cm³/mol. The van der Waals surface area contributed by atoms with Crippen molar-refractivity contribution in [2.75, 3.05) is 0 Å². The van der Waals surface area contributed by atoms with Gasteiger partial charge in [0.05, 0.1) is 0 Å². The molecule has 0 aliphatic heterocycles. The second kappa shape index (κ2) is 3.10. The van der Waals surface area contributed by atoms with Crippen LogP contribution in [0.5, 0.6) is 0 Å². The van der Waals surface area contributed by atoms with Crippen molar-refractivity contribution in [1.82, 2.24) is 0 Å². The Morgan fingerprint density at radius 3 is 1.86 bits per heavy atom. The van der Waals surface area contributed by atoms with Gasteiger partial charge in [0.25, 0.3) is 0 Å². The standard InChI is InChI=1S/C5H4O2/c1-2-5(3-6)4-7/h1,3-5H. The Kier molecular flexibility index (Phi) is 2.62. The Morgan fingerprint density at radius 2 is 1.86 bits per heavy atom. The van der Waals surface area contributed by atoms with Gasteiger partial charge < -0.3 is 9.59 Å². The summed E-state index contributed by atoms with van der Waals surface area (Å²) < 4.78 is 0. The molecule has 0 saturated carbocycles. The van der Waals surface area contributed by atoms with Crippen LogP contribution in [-0.4, -0.2) is 12.6 Å². The zero-order chi connectivity index (χ0) is 5.70. The Balaban J connectivity index is 3.65. The molecule has 0 aromatic rings. The molecule has 2 heteroatoms. The molecule has 0 atom stereocenters. The van der Waals surface area contributed by atoms with Crippen molar-refractivity contribution in [1.29, 1.82) is 0 Å². The van der Waals surface area contributed by atoms with E-state index in [1.807, 2.05) is 5.92 Å². The Labute approximate surface area is 41.5 Å². The molecule has 0 amide bonds. The van der Waals surface area contributed by atoms with E-state index < -0.39 is 5.92 Å². The van der Waals surface area contributed by atoms with E-state index in [4.69, 9.17) is 0 Å². The van der Waals surface area contributed by atoms with Crippen LogP contribution in [0.25, 0.3) is 0 Å². The van der Waals surface area contributed by atoms with Crippen LogP contribution in [-0.2, 0) is 9.59 Å². The maximum atomic E-state index is 9.59. The van der Waals surface area contributed by atoms with Gasteiger partial charge in [-0.1, -0.05) is 5.92 Å². The van der Waals surface area contributed by atoms with Gasteiger partial charge in [-0.05, 0) is 0 Å². The Morgan fingerprint density at radius 1 is 1.43 bits per heavy atom. The van der Waals surface area contributed by atoms with Gasteiger partial charge in [0.1, 0.15) is 18.5 Å². The van der Waals surface area contributed by atoms with Crippen LogP contribution in [0.3, 0.4) is 0 Å². The third-order valence-electron chi connectivity index (χ3n) is 0.486. The van der Waals surface area contributed by atoms with Crippen LogP contribution >= 0.6 is 0 Å². The fourth-order valence-electron chi connectivity index (χ4n) is 0.111. The molecule has 0 aromatic carbocycles. The molecule has 2 nitrogen and oxygen atoms in total. The molecule has 0 fully saturated rings. The lowest BCUT2D eigenvalue weighted by Gasteiger charge is -1.79. The van der Waals surface area contributed by atoms with Crippen molar-refractivity contribution in [3.8, 4) is 12.3 Å². The highest BCUT2D eigenvalue weighted by Gasteiger charge is 1.94. The van der Waals surface area contributed by atoms with E-state index >= 15 is 0 Å². The molecular formula is C5H4O2. The topological polar surface area (TPSA) is 34.1 Å². The third kappa shape index (κ3) is 1.72. The molecule has 0 spiro atoms. The maximum absolute atomic E-state index is 9.59. The van der Waals surface area contributed by atoms with Gasteiger partial charge in [-0.25, -0.2) is 0 Å². The third-order valence-corrected chi connectivity index (χ3v) is 0.486. The normalized spacial score (nSPS) is 7.43. The number of carbonyl (C=O) groups is 2. The summed E-state index contributed by atoms with van der Waals surface area (Å²) in [4.78, 5) is 19.2. The molecule has 0 N–H and O–H groups in total. The average molecular weight is 96.1 g/mol. The van der Waals surface area contributed by atoms with Crippen molar-refractivity contribution in [2.24, 2.45) is 5.92 Å². The number of terminal acetylenes is 1. The van der Waals surface area contributed by atoms with Gasteiger partial charge in [0.2, 0.25) is 0 Å². The zero-order valence-corrected chi connectivity index (χ0v) is 3.63. The molecule has 0 bridgehead atoms. The molecule has 0 aromatic heterocycles. The number of carbonyl (C=O) groups excluding carboxylic acids is 2. The summed E-state index contributed by atoms with van der Waals surface area (Å²) in [6.45, 7) is 0. The van der Waals surface area contributed by atoms with E-state index in [1.54, 1.807) is 0 Å². The van der Waals surface area contributed by atoms with E-state index in [1.165, 1.54) is 0 Å². The highest BCUT2D eigenvalue weighted by atomic mass is 16.1. The first-order valence-corrected chi connectivity index (χ1v) is 1.72. The first-order valence-electron chi connectivity index (χ1n) is 1.72. The Bertz CT molecular complexity index is 102. The van der Waals surface area contributed by atoms with Crippen LogP contribution in [0.1, 0.15) is 0 Å². The largest absolute Gasteiger partial charge is 0.302 e. The van der Waals surface area contributed by atoms with E-state index in [-0.39, 0.29) is 0 Å². The smallest absolute Gasteiger partial charge is 0.142 e. The lowest BCUT2D eigenvalue weighted by molar-refractivity contribution is -0.117. The van der Waals surface area contributed by atoms with Crippen molar-refractivity contribution >= 4 is 12.6 Å². The van der Waals surface area contributed by atoms with Crippen molar-refractivity contribution < 1.29 is 9.59 Å². The summed E-state index contributed by atoms with van der Waals surface area (Å²) in [7, 11) is 0. The van der Waals surface area contributed by atoms with Crippen LogP contribution in [0.15, 0.2) is 0 Å². The number of hydrogen-bond acceptors (Lipinski definition) is 2. The zero-order valence-electron chi connectivity index (χ0n) is 3.63. The first-order chi connectivity index (χ1) is 3.35. The number of aldehydes is 2. The Hall–Kier alpha value is -1.10. The van der Waals surface area contributed by atoms with Crippen LogP contribution in [0.4, 0.5) is 0 Å². The van der Waals surface area contributed by atoms with E-state index in [9.17, 15) is 9.59 Å². The second-order valence-corrected chi connectivity index (χ2v) is 0.965. The molecular weight excluding hydrogens is 92.1 g/mol. The van der Waals surface area contributed by atoms with E-state index in [0.29, 0.717) is 12.6 Å². The van der Waals surface area contributed by atoms with Gasteiger partial charge in [-0.3, -0.25) is 0 Å². The molecule has 0 unspecified atom stereocenters. The van der Waals surface area contributed by atoms with Gasteiger partial charge in [0.15, 0.2) is 0 Å². The number of hydrogen-bond donors (Lipinski definition) is 0. The van der Waals surface area contributed by atoms with Gasteiger partial charge in [-0.15, -0.1) is 6.42 Å². The average Bonchev–Trinajstić information content (AvgIpc) is 1.72. The molecule has 0 aliphatic carbocycles. The molecule has 0 saturated heterocycles. The lowest BCUT2D eigenvalue weighted by Crippen LogP contribution is -1.97. The van der Waals surface area contributed by atoms with Gasteiger partial charge in [0, 0.05) is 0 Å². The first kappa shape index (κ1) is 5.90. The maximum Gasteiger partial charge on any atom is 0.142 e. The van der Waals surface area contributed by atoms with Crippen LogP contribution in [0, 0.1) is 18.3 Å². The summed E-state index contributed by atoms with van der Waals surface area (Å²) in [5.41, 5.74) is 0. The van der Waals surface area contributed by atoms with Crippen molar-refractivity contribution in [3.05, 3.63) is 0 Å². The molecule has 0 aliphatic rings. The fraction of sp³-hybridized carbons (Fsp3) is 0.200. The lowest BCUT2D eigenvalue weighted by atomic mass is 10.2. The van der Waals surface area contributed by atoms with Gasteiger partial charge >= 0.3 is 0 Å². The van der Waals surface area contributed by atoms with Gasteiger partial charge in [-0.2, -0.15) is 0 Å². The van der Waals surface area contributed by atoms with E-state index in [0.717, 1.165) is 0 Å². The quantitative estimate of drug-likeness (QED) is 0.267. The number of rotatable bonds is 2. The fourth-order valence-corrected chi connectivity index (χ4v) is 0.111. The molecule has 7 heavy (non-hydrogen) atoms. The predicted octanol–water partition coefficient (Wildman–Crippen LogP) is -0.366. The SMILES string of the molecule is C#CC(C=O)C=O. The monoisotopic (exact) mass is 96.0 g/mol. The molecule has 36 valence electrons. The van der Waals surface area contributed by atoms with Crippen LogP contribution < -0.4 is 0 Å². The highest BCUT2D eigenvalue weighted by Crippen LogP contribution is 1.76. The summed E-state index contributed by atoms with van der Waals surface area (Å²) >= 11 is 0. The van der Waals surface area contributed by atoms with Crippen molar-refractivity contribution in [3.63, 3.8) is 0 Å². The molecule has 0 radical (unpaired) electrons. The summed E-state index contributed by atoms with van der Waals surface area (Å²) in [5, 5.41) is 0. The highest BCUT2D eigenvalue weighted by molar-refractivity contribution is 5.81. The summed E-state index contributed by atoms with van der Waals surface area (Å²) in [6, 6.07) is 0. The molecule has 0 rings (SSSR count). The minimum Gasteiger partial charge on any atom is -0.302 e. The minimum atomic E-state index is -0.847. The summed E-state index contributed by atoms with van der Waals surface area (Å²) in [6.07, 6.45) is 5.53.